The van der Waals surface area contributed by atoms with Crippen LogP contribution in [0, 0.1) is 0 Å². The second-order valence-corrected chi connectivity index (χ2v) is 5.44. The summed E-state index contributed by atoms with van der Waals surface area (Å²) in [6.07, 6.45) is -4.51. The predicted molar refractivity (Wildman–Crippen MR) is 79.1 cm³/mol. The molecule has 8 heteroatoms. The van der Waals surface area contributed by atoms with E-state index in [1.54, 1.807) is 12.1 Å². The monoisotopic (exact) mass is 345 g/mol. The Bertz CT molecular complexity index is 930. The maximum absolute atomic E-state index is 12.7. The van der Waals surface area contributed by atoms with E-state index in [0.717, 1.165) is 22.8 Å². The molecule has 2 aromatic carbocycles. The van der Waals surface area contributed by atoms with Crippen molar-refractivity contribution in [1.29, 1.82) is 0 Å². The highest BCUT2D eigenvalue weighted by molar-refractivity contribution is 7.80. The molecule has 0 spiro atoms. The van der Waals surface area contributed by atoms with E-state index in [0.29, 0.717) is 10.4 Å². The molecule has 0 radical (unpaired) electrons. The van der Waals surface area contributed by atoms with Gasteiger partial charge in [-0.15, -0.1) is 12.6 Å². The van der Waals surface area contributed by atoms with Gasteiger partial charge in [0.2, 0.25) is 0 Å². The lowest BCUT2D eigenvalue weighted by molar-refractivity contribution is -0.137. The van der Waals surface area contributed by atoms with Crippen molar-refractivity contribution in [1.82, 2.24) is 4.57 Å². The standard InChI is InChI=1S/C14H7ClF3NO2S/c15-9-5-7(14(16,17)18)1-3-10(9)19-11-4-2-8(22)6-12(11)21-13(19)20/h1-6,22H. The number of oxazole rings is 1. The Kier molecular flexibility index (Phi) is 3.49. The number of aromatic nitrogens is 1. The summed E-state index contributed by atoms with van der Waals surface area (Å²) in [5.74, 6) is -0.740. The van der Waals surface area contributed by atoms with Crippen LogP contribution in [0.5, 0.6) is 0 Å². The molecule has 0 fully saturated rings. The molecule has 0 amide bonds. The number of nitrogens with zero attached hydrogens (tertiary/aromatic N) is 1. The minimum Gasteiger partial charge on any atom is -0.407 e. The van der Waals surface area contributed by atoms with Crippen molar-refractivity contribution >= 4 is 35.3 Å². The highest BCUT2D eigenvalue weighted by Crippen LogP contribution is 2.33. The Hall–Kier alpha value is -1.86. The average Bonchev–Trinajstić information content (AvgIpc) is 2.72. The van der Waals surface area contributed by atoms with Crippen molar-refractivity contribution in [3.05, 3.63) is 57.5 Å². The number of hydrogen-bond donors (Lipinski definition) is 1. The van der Waals surface area contributed by atoms with Crippen molar-refractivity contribution < 1.29 is 17.6 Å². The molecule has 114 valence electrons. The minimum absolute atomic E-state index is 0.116. The quantitative estimate of drug-likeness (QED) is 0.657. The van der Waals surface area contributed by atoms with Crippen molar-refractivity contribution in [2.24, 2.45) is 0 Å². The maximum Gasteiger partial charge on any atom is 0.424 e. The fourth-order valence-electron chi connectivity index (χ4n) is 2.10. The molecule has 0 saturated heterocycles. The summed E-state index contributed by atoms with van der Waals surface area (Å²) >= 11 is 10.0. The highest BCUT2D eigenvalue weighted by Gasteiger charge is 2.31. The van der Waals surface area contributed by atoms with Crippen LogP contribution in [0.1, 0.15) is 5.56 Å². The van der Waals surface area contributed by atoms with E-state index in [-0.39, 0.29) is 16.3 Å². The molecule has 0 N–H and O–H groups in total. The normalized spacial score (nSPS) is 12.0. The lowest BCUT2D eigenvalue weighted by Crippen LogP contribution is -2.13. The van der Waals surface area contributed by atoms with Gasteiger partial charge in [0, 0.05) is 4.90 Å². The number of thiol groups is 1. The smallest absolute Gasteiger partial charge is 0.407 e. The molecule has 3 rings (SSSR count). The van der Waals surface area contributed by atoms with E-state index in [9.17, 15) is 18.0 Å². The molecule has 0 bridgehead atoms. The number of benzene rings is 2. The fraction of sp³-hybridized carbons (Fsp3) is 0.0714. The fourth-order valence-corrected chi connectivity index (χ4v) is 2.56. The summed E-state index contributed by atoms with van der Waals surface area (Å²) in [4.78, 5) is 12.6. The molecule has 0 aliphatic rings. The van der Waals surface area contributed by atoms with Gasteiger partial charge in [0.1, 0.15) is 0 Å². The van der Waals surface area contributed by atoms with E-state index in [1.807, 2.05) is 0 Å². The van der Waals surface area contributed by atoms with Gasteiger partial charge in [0.05, 0.1) is 21.8 Å². The lowest BCUT2D eigenvalue weighted by atomic mass is 10.2. The predicted octanol–water partition coefficient (Wildman–Crippen LogP) is 4.54. The summed E-state index contributed by atoms with van der Waals surface area (Å²) in [5, 5.41) is -0.199. The van der Waals surface area contributed by atoms with E-state index in [4.69, 9.17) is 16.0 Å². The Morgan fingerprint density at radius 1 is 1.14 bits per heavy atom. The summed E-state index contributed by atoms with van der Waals surface area (Å²) in [7, 11) is 0. The topological polar surface area (TPSA) is 35.1 Å². The summed E-state index contributed by atoms with van der Waals surface area (Å²) in [5.41, 5.74) is -0.108. The second-order valence-electron chi connectivity index (χ2n) is 4.52. The zero-order valence-electron chi connectivity index (χ0n) is 10.7. The Labute approximate surface area is 132 Å². The molecule has 0 unspecified atom stereocenters. The third kappa shape index (κ3) is 2.50. The Morgan fingerprint density at radius 2 is 1.86 bits per heavy atom. The molecule has 3 nitrogen and oxygen atoms in total. The van der Waals surface area contributed by atoms with Crippen LogP contribution in [-0.2, 0) is 6.18 Å². The summed E-state index contributed by atoms with van der Waals surface area (Å²) < 4.78 is 44.2. The number of fused-ring (bicyclic) bond motifs is 1. The summed E-state index contributed by atoms with van der Waals surface area (Å²) in [6.45, 7) is 0. The number of hydrogen-bond acceptors (Lipinski definition) is 3. The Balaban J connectivity index is 2.24. The molecule has 0 saturated carbocycles. The minimum atomic E-state index is -4.51. The van der Waals surface area contributed by atoms with Crippen molar-refractivity contribution in [2.75, 3.05) is 0 Å². The number of alkyl halides is 3. The zero-order chi connectivity index (χ0) is 16.1. The van der Waals surface area contributed by atoms with Crippen LogP contribution in [0.25, 0.3) is 16.8 Å². The summed E-state index contributed by atoms with van der Waals surface area (Å²) in [6, 6.07) is 7.52. The van der Waals surface area contributed by atoms with Crippen LogP contribution >= 0.6 is 24.2 Å². The number of halogens is 4. The van der Waals surface area contributed by atoms with Crippen LogP contribution in [0.4, 0.5) is 13.2 Å². The van der Waals surface area contributed by atoms with Gasteiger partial charge in [0.15, 0.2) is 5.58 Å². The van der Waals surface area contributed by atoms with Gasteiger partial charge in [-0.05, 0) is 36.4 Å². The molecule has 22 heavy (non-hydrogen) atoms. The SMILES string of the molecule is O=c1oc2cc(S)ccc2n1-c1ccc(C(F)(F)F)cc1Cl. The third-order valence-electron chi connectivity index (χ3n) is 3.08. The van der Waals surface area contributed by atoms with Crippen molar-refractivity contribution in [2.45, 2.75) is 11.1 Å². The van der Waals surface area contributed by atoms with Crippen LogP contribution in [-0.4, -0.2) is 4.57 Å². The second kappa shape index (κ2) is 5.10. The third-order valence-corrected chi connectivity index (χ3v) is 3.66. The lowest BCUT2D eigenvalue weighted by Gasteiger charge is -2.10. The number of rotatable bonds is 1. The van der Waals surface area contributed by atoms with Crippen molar-refractivity contribution in [3.8, 4) is 5.69 Å². The zero-order valence-corrected chi connectivity index (χ0v) is 12.3. The van der Waals surface area contributed by atoms with E-state index < -0.39 is 17.5 Å². The molecule has 0 atom stereocenters. The first kappa shape index (κ1) is 15.1. The van der Waals surface area contributed by atoms with Gasteiger partial charge < -0.3 is 4.42 Å². The molecule has 1 aromatic heterocycles. The molecule has 3 aromatic rings. The van der Waals surface area contributed by atoms with E-state index in [1.165, 1.54) is 6.07 Å². The van der Waals surface area contributed by atoms with Crippen molar-refractivity contribution in [3.63, 3.8) is 0 Å². The largest absolute Gasteiger partial charge is 0.424 e. The van der Waals surface area contributed by atoms with Gasteiger partial charge in [-0.1, -0.05) is 11.6 Å². The molecule has 0 aliphatic heterocycles. The molecule has 0 aliphatic carbocycles. The van der Waals surface area contributed by atoms with Crippen LogP contribution in [0.2, 0.25) is 5.02 Å². The molecule has 1 heterocycles. The first-order valence-corrected chi connectivity index (χ1v) is 6.81. The molecular weight excluding hydrogens is 339 g/mol. The van der Waals surface area contributed by atoms with E-state index >= 15 is 0 Å². The van der Waals surface area contributed by atoms with Gasteiger partial charge in [-0.2, -0.15) is 13.2 Å². The highest BCUT2D eigenvalue weighted by atomic mass is 35.5. The first-order valence-electron chi connectivity index (χ1n) is 5.99. The average molecular weight is 346 g/mol. The Morgan fingerprint density at radius 3 is 2.50 bits per heavy atom. The van der Waals surface area contributed by atoms with Gasteiger partial charge in [0.25, 0.3) is 0 Å². The first-order chi connectivity index (χ1) is 10.3. The van der Waals surface area contributed by atoms with Gasteiger partial charge in [-0.25, -0.2) is 9.36 Å². The van der Waals surface area contributed by atoms with Gasteiger partial charge >= 0.3 is 11.9 Å². The van der Waals surface area contributed by atoms with Crippen LogP contribution in [0.3, 0.4) is 0 Å². The van der Waals surface area contributed by atoms with Crippen LogP contribution < -0.4 is 5.76 Å². The van der Waals surface area contributed by atoms with Gasteiger partial charge in [-0.3, -0.25) is 0 Å². The molecular formula is C14H7ClF3NO2S. The van der Waals surface area contributed by atoms with Crippen LogP contribution in [0.15, 0.2) is 50.5 Å². The van der Waals surface area contributed by atoms with E-state index in [2.05, 4.69) is 12.6 Å². The maximum atomic E-state index is 12.7.